The number of benzene rings is 1. The second kappa shape index (κ2) is 6.09. The normalized spacial score (nSPS) is 16.4. The first-order valence-electron chi connectivity index (χ1n) is 7.43. The Hall–Kier alpha value is -1.81. The molecule has 1 aromatic heterocycles. The Kier molecular flexibility index (Phi) is 4.02. The Morgan fingerprint density at radius 3 is 2.85 bits per heavy atom. The van der Waals surface area contributed by atoms with Crippen molar-refractivity contribution in [2.24, 2.45) is 0 Å². The predicted octanol–water partition coefficient (Wildman–Crippen LogP) is 2.71. The average Bonchev–Trinajstić information content (AvgIpc) is 2.51. The van der Waals surface area contributed by atoms with E-state index < -0.39 is 0 Å². The first-order chi connectivity index (χ1) is 9.84. The summed E-state index contributed by atoms with van der Waals surface area (Å²) in [6.45, 7) is 4.51. The van der Waals surface area contributed by atoms with Crippen molar-refractivity contribution < 1.29 is 0 Å². The number of anilines is 2. The molecule has 0 amide bonds. The van der Waals surface area contributed by atoms with Crippen LogP contribution < -0.4 is 11.1 Å². The molecule has 0 atom stereocenters. The van der Waals surface area contributed by atoms with Gasteiger partial charge in [0.25, 0.3) is 0 Å². The van der Waals surface area contributed by atoms with Gasteiger partial charge in [-0.2, -0.15) is 0 Å². The lowest BCUT2D eigenvalue weighted by Gasteiger charge is -2.26. The number of likely N-dealkylation sites (tertiary alicyclic amines) is 1. The maximum absolute atomic E-state index is 6.23. The quantitative estimate of drug-likeness (QED) is 0.839. The SMILES string of the molecule is Nc1c(NCCN2CCCCC2)ccc2cnccc12. The van der Waals surface area contributed by atoms with Crippen LogP contribution in [-0.4, -0.2) is 36.1 Å². The van der Waals surface area contributed by atoms with E-state index in [1.54, 1.807) is 6.20 Å². The monoisotopic (exact) mass is 270 g/mol. The number of rotatable bonds is 4. The van der Waals surface area contributed by atoms with Gasteiger partial charge in [-0.3, -0.25) is 4.98 Å². The van der Waals surface area contributed by atoms with Crippen LogP contribution in [0.15, 0.2) is 30.6 Å². The maximum Gasteiger partial charge on any atom is 0.0630 e. The van der Waals surface area contributed by atoms with Gasteiger partial charge in [0, 0.05) is 36.3 Å². The van der Waals surface area contributed by atoms with Crippen molar-refractivity contribution in [1.82, 2.24) is 9.88 Å². The number of nitrogens with two attached hydrogens (primary N) is 1. The van der Waals surface area contributed by atoms with Crippen molar-refractivity contribution in [2.75, 3.05) is 37.2 Å². The van der Waals surface area contributed by atoms with Crippen LogP contribution >= 0.6 is 0 Å². The summed E-state index contributed by atoms with van der Waals surface area (Å²) in [7, 11) is 0. The molecular weight excluding hydrogens is 248 g/mol. The molecule has 20 heavy (non-hydrogen) atoms. The molecule has 2 heterocycles. The van der Waals surface area contributed by atoms with Crippen LogP contribution in [0.3, 0.4) is 0 Å². The van der Waals surface area contributed by atoms with Crippen molar-refractivity contribution in [1.29, 1.82) is 0 Å². The van der Waals surface area contributed by atoms with Crippen LogP contribution in [0, 0.1) is 0 Å². The van der Waals surface area contributed by atoms with Gasteiger partial charge in [-0.15, -0.1) is 0 Å². The molecule has 3 rings (SSSR count). The molecule has 4 nitrogen and oxygen atoms in total. The fraction of sp³-hybridized carbons (Fsp3) is 0.438. The molecule has 0 saturated carbocycles. The standard InChI is InChI=1S/C16H22N4/c17-16-14-6-7-18-12-13(14)4-5-15(16)19-8-11-20-9-2-1-3-10-20/h4-7,12,19H,1-3,8-11,17H2. The highest BCUT2D eigenvalue weighted by molar-refractivity contribution is 5.98. The Labute approximate surface area is 120 Å². The third kappa shape index (κ3) is 2.85. The third-order valence-corrected chi connectivity index (χ3v) is 4.05. The molecule has 1 aliphatic rings. The van der Waals surface area contributed by atoms with Crippen LogP contribution in [0.1, 0.15) is 19.3 Å². The van der Waals surface area contributed by atoms with Crippen molar-refractivity contribution in [2.45, 2.75) is 19.3 Å². The summed E-state index contributed by atoms with van der Waals surface area (Å²) in [5, 5.41) is 5.63. The zero-order valence-electron chi connectivity index (χ0n) is 11.8. The van der Waals surface area contributed by atoms with Crippen molar-refractivity contribution in [3.63, 3.8) is 0 Å². The highest BCUT2D eigenvalue weighted by atomic mass is 15.1. The lowest BCUT2D eigenvalue weighted by molar-refractivity contribution is 0.237. The zero-order chi connectivity index (χ0) is 13.8. The number of piperidine rings is 1. The summed E-state index contributed by atoms with van der Waals surface area (Å²) in [5.41, 5.74) is 8.09. The molecule has 0 unspecified atom stereocenters. The first kappa shape index (κ1) is 13.2. The third-order valence-electron chi connectivity index (χ3n) is 4.05. The van der Waals surface area contributed by atoms with E-state index in [1.165, 1.54) is 32.4 Å². The maximum atomic E-state index is 6.23. The van der Waals surface area contributed by atoms with Gasteiger partial charge in [-0.25, -0.2) is 0 Å². The summed E-state index contributed by atoms with van der Waals surface area (Å²) in [5.74, 6) is 0. The van der Waals surface area contributed by atoms with E-state index in [4.69, 9.17) is 5.73 Å². The lowest BCUT2D eigenvalue weighted by atomic mass is 10.1. The number of nitrogens with one attached hydrogen (secondary N) is 1. The second-order valence-corrected chi connectivity index (χ2v) is 5.45. The summed E-state index contributed by atoms with van der Waals surface area (Å²) in [4.78, 5) is 6.65. The van der Waals surface area contributed by atoms with Crippen LogP contribution in [-0.2, 0) is 0 Å². The number of nitrogens with zero attached hydrogens (tertiary/aromatic N) is 2. The molecule has 4 heteroatoms. The minimum absolute atomic E-state index is 0.823. The smallest absolute Gasteiger partial charge is 0.0630 e. The van der Waals surface area contributed by atoms with E-state index in [-0.39, 0.29) is 0 Å². The molecule has 1 saturated heterocycles. The van der Waals surface area contributed by atoms with E-state index in [0.717, 1.165) is 35.2 Å². The van der Waals surface area contributed by atoms with Gasteiger partial charge in [0.2, 0.25) is 0 Å². The molecule has 2 aromatic rings. The fourth-order valence-electron chi connectivity index (χ4n) is 2.88. The second-order valence-electron chi connectivity index (χ2n) is 5.45. The molecule has 0 aliphatic carbocycles. The first-order valence-corrected chi connectivity index (χ1v) is 7.43. The van der Waals surface area contributed by atoms with Crippen LogP contribution in [0.2, 0.25) is 0 Å². The van der Waals surface area contributed by atoms with E-state index >= 15 is 0 Å². The Balaban J connectivity index is 1.63. The minimum Gasteiger partial charge on any atom is -0.397 e. The Morgan fingerprint density at radius 2 is 2.00 bits per heavy atom. The van der Waals surface area contributed by atoms with Crippen molar-refractivity contribution in [3.8, 4) is 0 Å². The Bertz CT molecular complexity index is 576. The fourth-order valence-corrected chi connectivity index (χ4v) is 2.88. The minimum atomic E-state index is 0.823. The van der Waals surface area contributed by atoms with Gasteiger partial charge >= 0.3 is 0 Å². The van der Waals surface area contributed by atoms with Crippen molar-refractivity contribution in [3.05, 3.63) is 30.6 Å². The number of pyridine rings is 1. The van der Waals surface area contributed by atoms with E-state index in [1.807, 2.05) is 12.3 Å². The number of hydrogen-bond donors (Lipinski definition) is 2. The highest BCUT2D eigenvalue weighted by Gasteiger charge is 2.09. The number of nitrogen functional groups attached to an aromatic ring is 1. The van der Waals surface area contributed by atoms with E-state index in [9.17, 15) is 0 Å². The van der Waals surface area contributed by atoms with Gasteiger partial charge in [0.1, 0.15) is 0 Å². The van der Waals surface area contributed by atoms with Gasteiger partial charge < -0.3 is 16.0 Å². The molecule has 1 aromatic carbocycles. The molecule has 1 aliphatic heterocycles. The van der Waals surface area contributed by atoms with Crippen LogP contribution in [0.5, 0.6) is 0 Å². The zero-order valence-corrected chi connectivity index (χ0v) is 11.8. The molecule has 106 valence electrons. The number of fused-ring (bicyclic) bond motifs is 1. The largest absolute Gasteiger partial charge is 0.397 e. The van der Waals surface area contributed by atoms with E-state index in [2.05, 4.69) is 27.3 Å². The topological polar surface area (TPSA) is 54.2 Å². The van der Waals surface area contributed by atoms with Crippen molar-refractivity contribution >= 4 is 22.1 Å². The van der Waals surface area contributed by atoms with Gasteiger partial charge in [0.15, 0.2) is 0 Å². The Morgan fingerprint density at radius 1 is 1.15 bits per heavy atom. The molecule has 1 fully saturated rings. The van der Waals surface area contributed by atoms with Gasteiger partial charge in [-0.05, 0) is 38.1 Å². The predicted molar refractivity (Wildman–Crippen MR) is 84.9 cm³/mol. The molecule has 3 N–H and O–H groups in total. The lowest BCUT2D eigenvalue weighted by Crippen LogP contribution is -2.33. The number of aromatic nitrogens is 1. The number of hydrogen-bond acceptors (Lipinski definition) is 4. The molecular formula is C16H22N4. The van der Waals surface area contributed by atoms with Crippen LogP contribution in [0.4, 0.5) is 11.4 Å². The molecule has 0 bridgehead atoms. The average molecular weight is 270 g/mol. The molecule has 0 radical (unpaired) electrons. The highest BCUT2D eigenvalue weighted by Crippen LogP contribution is 2.27. The van der Waals surface area contributed by atoms with Crippen LogP contribution in [0.25, 0.3) is 10.8 Å². The van der Waals surface area contributed by atoms with Gasteiger partial charge in [-0.1, -0.05) is 12.5 Å². The summed E-state index contributed by atoms with van der Waals surface area (Å²) in [6, 6.07) is 6.10. The van der Waals surface area contributed by atoms with Gasteiger partial charge in [0.05, 0.1) is 11.4 Å². The molecule has 0 spiro atoms. The summed E-state index contributed by atoms with van der Waals surface area (Å²) in [6.07, 6.45) is 7.70. The van der Waals surface area contributed by atoms with E-state index in [0.29, 0.717) is 0 Å². The summed E-state index contributed by atoms with van der Waals surface area (Å²) < 4.78 is 0. The summed E-state index contributed by atoms with van der Waals surface area (Å²) >= 11 is 0.